The summed E-state index contributed by atoms with van der Waals surface area (Å²) in [6, 6.07) is 14.6. The van der Waals surface area contributed by atoms with Gasteiger partial charge in [-0.3, -0.25) is 9.69 Å². The molecule has 1 aliphatic rings. The van der Waals surface area contributed by atoms with E-state index in [9.17, 15) is 9.18 Å². The fourth-order valence-corrected chi connectivity index (χ4v) is 4.13. The predicted octanol–water partition coefficient (Wildman–Crippen LogP) is 4.60. The van der Waals surface area contributed by atoms with Crippen molar-refractivity contribution in [1.29, 1.82) is 0 Å². The number of likely N-dealkylation sites (tertiary alicyclic amines) is 1. The molecule has 1 N–H and O–H groups in total. The Bertz CT molecular complexity index is 748. The van der Waals surface area contributed by atoms with Crippen LogP contribution in [0.5, 0.6) is 0 Å². The highest BCUT2D eigenvalue weighted by Gasteiger charge is 2.25. The Balaban J connectivity index is 1.34. The van der Waals surface area contributed by atoms with E-state index in [4.69, 9.17) is 11.6 Å². The molecule has 1 amide bonds. The Morgan fingerprint density at radius 3 is 2.56 bits per heavy atom. The Kier molecular flexibility index (Phi) is 7.56. The first-order valence-corrected chi connectivity index (χ1v) is 10.6. The average Bonchev–Trinajstić information content (AvgIpc) is 2.69. The molecule has 0 unspecified atom stereocenters. The van der Waals surface area contributed by atoms with Crippen LogP contribution in [0.3, 0.4) is 0 Å². The van der Waals surface area contributed by atoms with Crippen LogP contribution in [0.15, 0.2) is 53.4 Å². The zero-order valence-electron chi connectivity index (χ0n) is 15.2. The van der Waals surface area contributed by atoms with Crippen molar-refractivity contribution in [2.24, 2.45) is 5.92 Å². The lowest BCUT2D eigenvalue weighted by molar-refractivity contribution is -0.126. The highest BCUT2D eigenvalue weighted by Crippen LogP contribution is 2.21. The van der Waals surface area contributed by atoms with Crippen molar-refractivity contribution in [2.45, 2.75) is 24.3 Å². The minimum atomic E-state index is -0.157. The molecule has 6 heteroatoms. The third kappa shape index (κ3) is 6.23. The quantitative estimate of drug-likeness (QED) is 0.538. The Hall–Kier alpha value is -1.56. The standard InChI is InChI=1S/C21H24ClFN2OS/c22-18-5-7-19(8-6-18)27-14-11-24-21(26)16-9-12-25(13-10-16)15-17-3-1-2-4-20(17)23/h1-8,16H,9-15H2,(H,24,26). The number of halogens is 2. The third-order valence-electron chi connectivity index (χ3n) is 4.79. The number of hydrogen-bond donors (Lipinski definition) is 1. The van der Waals surface area contributed by atoms with Gasteiger partial charge in [-0.2, -0.15) is 0 Å². The predicted molar refractivity (Wildman–Crippen MR) is 110 cm³/mol. The topological polar surface area (TPSA) is 32.3 Å². The second-order valence-corrected chi connectivity index (χ2v) is 8.34. The van der Waals surface area contributed by atoms with Crippen LogP contribution >= 0.6 is 23.4 Å². The maximum Gasteiger partial charge on any atom is 0.223 e. The second-order valence-electron chi connectivity index (χ2n) is 6.74. The van der Waals surface area contributed by atoms with Gasteiger partial charge >= 0.3 is 0 Å². The van der Waals surface area contributed by atoms with Crippen molar-refractivity contribution in [3.8, 4) is 0 Å². The van der Waals surface area contributed by atoms with E-state index >= 15 is 0 Å². The van der Waals surface area contributed by atoms with Gasteiger partial charge in [-0.25, -0.2) is 4.39 Å². The van der Waals surface area contributed by atoms with E-state index in [2.05, 4.69) is 10.2 Å². The molecule has 27 heavy (non-hydrogen) atoms. The lowest BCUT2D eigenvalue weighted by Gasteiger charge is -2.31. The first-order valence-electron chi connectivity index (χ1n) is 9.23. The van der Waals surface area contributed by atoms with Crippen molar-refractivity contribution in [3.05, 3.63) is 64.9 Å². The van der Waals surface area contributed by atoms with Gasteiger partial charge in [0.1, 0.15) is 5.82 Å². The molecular weight excluding hydrogens is 383 g/mol. The first-order chi connectivity index (χ1) is 13.1. The van der Waals surface area contributed by atoms with Gasteiger partial charge in [-0.1, -0.05) is 29.8 Å². The molecule has 0 spiro atoms. The highest BCUT2D eigenvalue weighted by molar-refractivity contribution is 7.99. The normalized spacial score (nSPS) is 15.6. The average molecular weight is 407 g/mol. The van der Waals surface area contributed by atoms with Gasteiger partial charge in [-0.15, -0.1) is 11.8 Å². The number of thioether (sulfide) groups is 1. The van der Waals surface area contributed by atoms with E-state index in [1.807, 2.05) is 36.4 Å². The molecule has 0 aromatic heterocycles. The van der Waals surface area contributed by atoms with E-state index < -0.39 is 0 Å². The summed E-state index contributed by atoms with van der Waals surface area (Å²) in [6.45, 7) is 2.91. The molecule has 144 valence electrons. The van der Waals surface area contributed by atoms with Gasteiger partial charge in [0.15, 0.2) is 0 Å². The fraction of sp³-hybridized carbons (Fsp3) is 0.381. The molecule has 1 heterocycles. The summed E-state index contributed by atoms with van der Waals surface area (Å²) in [5.74, 6) is 0.870. The number of piperidine rings is 1. The molecule has 0 aliphatic carbocycles. The van der Waals surface area contributed by atoms with Crippen LogP contribution in [0.25, 0.3) is 0 Å². The molecule has 3 rings (SSSR count). The van der Waals surface area contributed by atoms with Crippen molar-refractivity contribution in [3.63, 3.8) is 0 Å². The summed E-state index contributed by atoms with van der Waals surface area (Å²) in [5, 5.41) is 3.77. The molecule has 0 bridgehead atoms. The smallest absolute Gasteiger partial charge is 0.223 e. The summed E-state index contributed by atoms with van der Waals surface area (Å²) >= 11 is 7.58. The van der Waals surface area contributed by atoms with E-state index in [-0.39, 0.29) is 17.6 Å². The monoisotopic (exact) mass is 406 g/mol. The van der Waals surface area contributed by atoms with Gasteiger partial charge < -0.3 is 5.32 Å². The molecule has 3 nitrogen and oxygen atoms in total. The fourth-order valence-electron chi connectivity index (χ4n) is 3.24. The molecule has 1 saturated heterocycles. The van der Waals surface area contributed by atoms with Crippen LogP contribution in [0, 0.1) is 11.7 Å². The molecule has 0 saturated carbocycles. The number of rotatable bonds is 7. The molecule has 2 aromatic rings. The lowest BCUT2D eigenvalue weighted by atomic mass is 9.95. The van der Waals surface area contributed by atoms with Crippen molar-refractivity contribution in [1.82, 2.24) is 10.2 Å². The maximum absolute atomic E-state index is 13.8. The number of benzene rings is 2. The SMILES string of the molecule is O=C(NCCSc1ccc(Cl)cc1)C1CCN(Cc2ccccc2F)CC1. The van der Waals surface area contributed by atoms with Gasteiger partial charge in [0.25, 0.3) is 0 Å². The van der Waals surface area contributed by atoms with Crippen molar-refractivity contribution < 1.29 is 9.18 Å². The summed E-state index contributed by atoms with van der Waals surface area (Å²) in [7, 11) is 0. The molecular formula is C21H24ClFN2OS. The largest absolute Gasteiger partial charge is 0.355 e. The van der Waals surface area contributed by atoms with Gasteiger partial charge in [-0.05, 0) is 56.3 Å². The van der Waals surface area contributed by atoms with Crippen molar-refractivity contribution in [2.75, 3.05) is 25.4 Å². The number of carbonyl (C=O) groups is 1. The number of nitrogens with one attached hydrogen (secondary N) is 1. The third-order valence-corrected chi connectivity index (χ3v) is 6.06. The van der Waals surface area contributed by atoms with Crippen LogP contribution < -0.4 is 5.32 Å². The van der Waals surface area contributed by atoms with E-state index in [0.717, 1.165) is 47.2 Å². The first kappa shape index (κ1) is 20.2. The summed E-state index contributed by atoms with van der Waals surface area (Å²) < 4.78 is 13.8. The van der Waals surface area contributed by atoms with Gasteiger partial charge in [0, 0.05) is 40.2 Å². The number of amides is 1. The van der Waals surface area contributed by atoms with Crippen LogP contribution in [-0.2, 0) is 11.3 Å². The summed E-state index contributed by atoms with van der Waals surface area (Å²) in [6.07, 6.45) is 1.65. The molecule has 0 atom stereocenters. The van der Waals surface area contributed by atoms with Crippen LogP contribution in [0.2, 0.25) is 5.02 Å². The van der Waals surface area contributed by atoms with Gasteiger partial charge in [0.05, 0.1) is 0 Å². The Morgan fingerprint density at radius 1 is 1.15 bits per heavy atom. The lowest BCUT2D eigenvalue weighted by Crippen LogP contribution is -2.40. The minimum Gasteiger partial charge on any atom is -0.355 e. The van der Waals surface area contributed by atoms with E-state index in [1.54, 1.807) is 17.8 Å². The Morgan fingerprint density at radius 2 is 1.85 bits per heavy atom. The van der Waals surface area contributed by atoms with Crippen molar-refractivity contribution >= 4 is 29.3 Å². The minimum absolute atomic E-state index is 0.0578. The van der Waals surface area contributed by atoms with Crippen LogP contribution in [-0.4, -0.2) is 36.2 Å². The van der Waals surface area contributed by atoms with E-state index in [1.165, 1.54) is 6.07 Å². The van der Waals surface area contributed by atoms with E-state index in [0.29, 0.717) is 13.1 Å². The number of hydrogen-bond acceptors (Lipinski definition) is 3. The number of carbonyl (C=O) groups excluding carboxylic acids is 1. The maximum atomic E-state index is 13.8. The zero-order valence-corrected chi connectivity index (χ0v) is 16.7. The second kappa shape index (κ2) is 10.1. The molecule has 2 aromatic carbocycles. The molecule has 1 aliphatic heterocycles. The highest BCUT2D eigenvalue weighted by atomic mass is 35.5. The van der Waals surface area contributed by atoms with Crippen LogP contribution in [0.1, 0.15) is 18.4 Å². The van der Waals surface area contributed by atoms with Crippen LogP contribution in [0.4, 0.5) is 4.39 Å². The number of nitrogens with zero attached hydrogens (tertiary/aromatic N) is 1. The Labute approximate surface area is 169 Å². The molecule has 0 radical (unpaired) electrons. The van der Waals surface area contributed by atoms with Gasteiger partial charge in [0.2, 0.25) is 5.91 Å². The summed E-state index contributed by atoms with van der Waals surface area (Å²) in [4.78, 5) is 15.7. The zero-order chi connectivity index (χ0) is 19.1. The summed E-state index contributed by atoms with van der Waals surface area (Å²) in [5.41, 5.74) is 0.722. The molecule has 1 fully saturated rings.